The second kappa shape index (κ2) is 6.02. The molecule has 0 saturated heterocycles. The first-order chi connectivity index (χ1) is 6.74. The molecule has 0 fully saturated rings. The Labute approximate surface area is 95.3 Å². The van der Waals surface area contributed by atoms with Crippen LogP contribution in [0.3, 0.4) is 0 Å². The minimum atomic E-state index is -3.28. The number of hydrogen-bond donors (Lipinski definition) is 2. The van der Waals surface area contributed by atoms with Gasteiger partial charge in [-0.05, 0) is 6.42 Å². The summed E-state index contributed by atoms with van der Waals surface area (Å²) in [5.74, 6) is -1.01. The van der Waals surface area contributed by atoms with Crippen LogP contribution in [0.2, 0.25) is 0 Å². The van der Waals surface area contributed by atoms with Crippen molar-refractivity contribution in [2.24, 2.45) is 5.73 Å². The molecule has 0 aromatic heterocycles. The fourth-order valence-electron chi connectivity index (χ4n) is 1.05. The Morgan fingerprint density at radius 2 is 2.07 bits per heavy atom. The van der Waals surface area contributed by atoms with Gasteiger partial charge in [0.1, 0.15) is 5.75 Å². The summed E-state index contributed by atoms with van der Waals surface area (Å²) in [4.78, 5) is 11.5. The molecular formula is C8H16N2O3S2. The lowest BCUT2D eigenvalue weighted by atomic mass is 10.1. The van der Waals surface area contributed by atoms with E-state index in [2.05, 4.69) is 5.32 Å². The van der Waals surface area contributed by atoms with Crippen LogP contribution in [0.25, 0.3) is 0 Å². The van der Waals surface area contributed by atoms with E-state index >= 15 is 0 Å². The highest BCUT2D eigenvalue weighted by atomic mass is 32.2. The highest BCUT2D eigenvalue weighted by Gasteiger charge is 2.15. The van der Waals surface area contributed by atoms with Crippen molar-refractivity contribution in [1.29, 1.82) is 0 Å². The molecular weight excluding hydrogens is 236 g/mol. The van der Waals surface area contributed by atoms with Crippen molar-refractivity contribution in [2.45, 2.75) is 25.8 Å². The van der Waals surface area contributed by atoms with Gasteiger partial charge in [-0.25, -0.2) is 8.42 Å². The Bertz CT molecular complexity index is 338. The zero-order valence-corrected chi connectivity index (χ0v) is 10.5. The SMILES string of the molecule is CCC(CC(N)=S)NC(=O)CS(C)(=O)=O. The van der Waals surface area contributed by atoms with E-state index in [1.165, 1.54) is 0 Å². The van der Waals surface area contributed by atoms with Gasteiger partial charge in [0.15, 0.2) is 9.84 Å². The zero-order chi connectivity index (χ0) is 12.1. The molecule has 3 N–H and O–H groups in total. The zero-order valence-electron chi connectivity index (χ0n) is 8.82. The largest absolute Gasteiger partial charge is 0.393 e. The predicted molar refractivity (Wildman–Crippen MR) is 63.3 cm³/mol. The molecule has 88 valence electrons. The normalized spacial score (nSPS) is 13.2. The topological polar surface area (TPSA) is 89.3 Å². The van der Waals surface area contributed by atoms with Crippen LogP contribution in [-0.4, -0.2) is 37.4 Å². The number of thiocarbonyl (C=S) groups is 1. The molecule has 0 bridgehead atoms. The molecule has 0 heterocycles. The van der Waals surface area contributed by atoms with Crippen LogP contribution in [-0.2, 0) is 14.6 Å². The molecule has 5 nitrogen and oxygen atoms in total. The second-order valence-corrected chi connectivity index (χ2v) is 6.08. The van der Waals surface area contributed by atoms with Gasteiger partial charge in [0.25, 0.3) is 0 Å². The van der Waals surface area contributed by atoms with Crippen molar-refractivity contribution < 1.29 is 13.2 Å². The molecule has 0 aromatic carbocycles. The molecule has 15 heavy (non-hydrogen) atoms. The van der Waals surface area contributed by atoms with Crippen molar-refractivity contribution in [2.75, 3.05) is 12.0 Å². The third-order valence-corrected chi connectivity index (χ3v) is 2.65. The lowest BCUT2D eigenvalue weighted by molar-refractivity contribution is -0.119. The van der Waals surface area contributed by atoms with Crippen molar-refractivity contribution in [3.63, 3.8) is 0 Å². The summed E-state index contributed by atoms with van der Waals surface area (Å²) >= 11 is 4.71. The van der Waals surface area contributed by atoms with E-state index in [-0.39, 0.29) is 6.04 Å². The number of amides is 1. The van der Waals surface area contributed by atoms with Gasteiger partial charge in [0, 0.05) is 18.7 Å². The number of rotatable bonds is 6. The molecule has 0 radical (unpaired) electrons. The Kier molecular flexibility index (Phi) is 5.74. The van der Waals surface area contributed by atoms with Crippen molar-refractivity contribution in [1.82, 2.24) is 5.32 Å². The Hall–Kier alpha value is -0.690. The molecule has 0 aromatic rings. The number of carbonyl (C=O) groups excluding carboxylic acids is 1. The molecule has 1 amide bonds. The fourth-order valence-corrected chi connectivity index (χ4v) is 1.81. The average molecular weight is 252 g/mol. The van der Waals surface area contributed by atoms with E-state index in [9.17, 15) is 13.2 Å². The summed E-state index contributed by atoms with van der Waals surface area (Å²) in [7, 11) is -3.28. The van der Waals surface area contributed by atoms with Gasteiger partial charge in [-0.15, -0.1) is 0 Å². The summed E-state index contributed by atoms with van der Waals surface area (Å²) in [6.07, 6.45) is 2.06. The maximum atomic E-state index is 11.2. The minimum absolute atomic E-state index is 0.184. The molecule has 0 saturated carbocycles. The first kappa shape index (κ1) is 14.3. The van der Waals surface area contributed by atoms with E-state index in [0.717, 1.165) is 6.26 Å². The van der Waals surface area contributed by atoms with Gasteiger partial charge in [-0.2, -0.15) is 0 Å². The van der Waals surface area contributed by atoms with Crippen LogP contribution in [0.15, 0.2) is 0 Å². The Morgan fingerprint density at radius 3 is 2.40 bits per heavy atom. The average Bonchev–Trinajstić information content (AvgIpc) is 1.98. The van der Waals surface area contributed by atoms with Gasteiger partial charge in [0.05, 0.1) is 4.99 Å². The van der Waals surface area contributed by atoms with Gasteiger partial charge >= 0.3 is 0 Å². The highest BCUT2D eigenvalue weighted by molar-refractivity contribution is 7.91. The van der Waals surface area contributed by atoms with Crippen molar-refractivity contribution in [3.05, 3.63) is 0 Å². The first-order valence-corrected chi connectivity index (χ1v) is 6.97. The van der Waals surface area contributed by atoms with Crippen molar-refractivity contribution in [3.8, 4) is 0 Å². The second-order valence-electron chi connectivity index (χ2n) is 3.41. The third kappa shape index (κ3) is 8.31. The monoisotopic (exact) mass is 252 g/mol. The van der Waals surface area contributed by atoms with E-state index in [4.69, 9.17) is 18.0 Å². The number of sulfone groups is 1. The van der Waals surface area contributed by atoms with E-state index in [0.29, 0.717) is 17.8 Å². The third-order valence-electron chi connectivity index (χ3n) is 1.70. The highest BCUT2D eigenvalue weighted by Crippen LogP contribution is 1.98. The quantitative estimate of drug-likeness (QED) is 0.628. The molecule has 0 rings (SSSR count). The van der Waals surface area contributed by atoms with Crippen LogP contribution in [0.5, 0.6) is 0 Å². The van der Waals surface area contributed by atoms with Gasteiger partial charge in [0.2, 0.25) is 5.91 Å². The van der Waals surface area contributed by atoms with Crippen LogP contribution in [0.1, 0.15) is 19.8 Å². The predicted octanol–water partition coefficient (Wildman–Crippen LogP) is -0.398. The lowest BCUT2D eigenvalue weighted by Gasteiger charge is -2.15. The summed E-state index contributed by atoms with van der Waals surface area (Å²) in [5.41, 5.74) is 5.33. The molecule has 0 spiro atoms. The van der Waals surface area contributed by atoms with Crippen LogP contribution < -0.4 is 11.1 Å². The number of nitrogens with one attached hydrogen (secondary N) is 1. The number of nitrogens with two attached hydrogens (primary N) is 1. The maximum absolute atomic E-state index is 11.2. The smallest absolute Gasteiger partial charge is 0.235 e. The Balaban J connectivity index is 4.19. The van der Waals surface area contributed by atoms with Crippen LogP contribution in [0.4, 0.5) is 0 Å². The summed E-state index contributed by atoms with van der Waals surface area (Å²) in [6, 6.07) is -0.184. The standard InChI is InChI=1S/C8H16N2O3S2/c1-3-6(4-7(9)14)10-8(11)5-15(2,12)13/h6H,3-5H2,1-2H3,(H2,9,14)(H,10,11). The fraction of sp³-hybridized carbons (Fsp3) is 0.750. The lowest BCUT2D eigenvalue weighted by Crippen LogP contribution is -2.39. The van der Waals surface area contributed by atoms with E-state index < -0.39 is 21.5 Å². The van der Waals surface area contributed by atoms with Gasteiger partial charge < -0.3 is 11.1 Å². The van der Waals surface area contributed by atoms with Crippen LogP contribution >= 0.6 is 12.2 Å². The van der Waals surface area contributed by atoms with Gasteiger partial charge in [-0.1, -0.05) is 19.1 Å². The number of hydrogen-bond acceptors (Lipinski definition) is 4. The van der Waals surface area contributed by atoms with Gasteiger partial charge in [-0.3, -0.25) is 4.79 Å². The molecule has 1 unspecified atom stereocenters. The minimum Gasteiger partial charge on any atom is -0.393 e. The summed E-state index contributed by atoms with van der Waals surface area (Å²) in [5, 5.41) is 2.57. The Morgan fingerprint density at radius 1 is 1.53 bits per heavy atom. The summed E-state index contributed by atoms with van der Waals surface area (Å²) in [6.45, 7) is 1.86. The molecule has 0 aliphatic heterocycles. The van der Waals surface area contributed by atoms with E-state index in [1.807, 2.05) is 6.92 Å². The molecule has 1 atom stereocenters. The maximum Gasteiger partial charge on any atom is 0.235 e. The van der Waals surface area contributed by atoms with E-state index in [1.54, 1.807) is 0 Å². The molecule has 0 aliphatic carbocycles. The first-order valence-electron chi connectivity index (χ1n) is 4.50. The molecule has 7 heteroatoms. The molecule has 0 aliphatic rings. The van der Waals surface area contributed by atoms with Crippen LogP contribution in [0, 0.1) is 0 Å². The summed E-state index contributed by atoms with van der Waals surface area (Å²) < 4.78 is 21.6. The number of carbonyl (C=O) groups is 1. The van der Waals surface area contributed by atoms with Crippen molar-refractivity contribution >= 4 is 33.0 Å².